The van der Waals surface area contributed by atoms with Crippen molar-refractivity contribution in [1.82, 2.24) is 0 Å². The molecule has 2 rings (SSSR count). The van der Waals surface area contributed by atoms with Crippen molar-refractivity contribution in [2.75, 3.05) is 12.8 Å². The number of hydrogen-bond donors (Lipinski definition) is 1. The van der Waals surface area contributed by atoms with Crippen LogP contribution < -0.4 is 10.5 Å². The van der Waals surface area contributed by atoms with Gasteiger partial charge in [-0.2, -0.15) is 0 Å². The fourth-order valence-electron chi connectivity index (χ4n) is 2.71. The fraction of sp³-hybridized carbons (Fsp3) is 0.562. The van der Waals surface area contributed by atoms with Gasteiger partial charge in [0.25, 0.3) is 0 Å². The zero-order valence-electron chi connectivity index (χ0n) is 12.4. The number of nitrogens with two attached hydrogens (primary N) is 1. The van der Waals surface area contributed by atoms with Crippen LogP contribution in [0.1, 0.15) is 43.5 Å². The van der Waals surface area contributed by atoms with E-state index in [4.69, 9.17) is 15.2 Å². The van der Waals surface area contributed by atoms with Gasteiger partial charge in [-0.15, -0.1) is 0 Å². The number of benzene rings is 1. The van der Waals surface area contributed by atoms with E-state index in [1.807, 2.05) is 0 Å². The Kier molecular flexibility index (Phi) is 4.53. The number of hydrogen-bond acceptors (Lipinski definition) is 4. The second kappa shape index (κ2) is 6.16. The van der Waals surface area contributed by atoms with E-state index in [9.17, 15) is 4.79 Å². The predicted molar refractivity (Wildman–Crippen MR) is 78.8 cm³/mol. The normalized spacial score (nSPS) is 26.1. The molecule has 1 aromatic rings. The largest absolute Gasteiger partial charge is 0.496 e. The Morgan fingerprint density at radius 2 is 2.00 bits per heavy atom. The molecule has 1 aliphatic carbocycles. The summed E-state index contributed by atoms with van der Waals surface area (Å²) in [7, 11) is 1.53. The van der Waals surface area contributed by atoms with Crippen molar-refractivity contribution in [3.8, 4) is 5.75 Å². The number of methoxy groups -OCH3 is 1. The summed E-state index contributed by atoms with van der Waals surface area (Å²) in [4.78, 5) is 12.3. The molecular weight excluding hydrogens is 254 g/mol. The number of ether oxygens (including phenoxy) is 2. The molecule has 1 saturated carbocycles. The smallest absolute Gasteiger partial charge is 0.342 e. The molecule has 2 N–H and O–H groups in total. The standard InChI is InChI=1S/C16H23NO3/c1-10-4-6-13(8-11(10)2)20-16(18)14-9-12(17)5-7-15(14)19-3/h5,7,9-11,13H,4,6,8,17H2,1-3H3. The van der Waals surface area contributed by atoms with E-state index in [0.29, 0.717) is 28.8 Å². The third-order valence-corrected chi connectivity index (χ3v) is 4.27. The van der Waals surface area contributed by atoms with Gasteiger partial charge in [-0.1, -0.05) is 13.8 Å². The lowest BCUT2D eigenvalue weighted by Gasteiger charge is -2.31. The van der Waals surface area contributed by atoms with Crippen LogP contribution in [-0.2, 0) is 4.74 Å². The second-order valence-corrected chi connectivity index (χ2v) is 5.75. The van der Waals surface area contributed by atoms with Gasteiger partial charge in [0, 0.05) is 5.69 Å². The highest BCUT2D eigenvalue weighted by Gasteiger charge is 2.28. The van der Waals surface area contributed by atoms with Crippen LogP contribution in [0, 0.1) is 11.8 Å². The van der Waals surface area contributed by atoms with E-state index in [2.05, 4.69) is 13.8 Å². The quantitative estimate of drug-likeness (QED) is 0.680. The average Bonchev–Trinajstić information content (AvgIpc) is 2.43. The summed E-state index contributed by atoms with van der Waals surface area (Å²) >= 11 is 0. The SMILES string of the molecule is COc1ccc(N)cc1C(=O)OC1CCC(C)C(C)C1. The predicted octanol–water partition coefficient (Wildman–Crippen LogP) is 3.26. The molecule has 0 amide bonds. The molecule has 1 fully saturated rings. The minimum Gasteiger partial charge on any atom is -0.496 e. The number of carbonyl (C=O) groups is 1. The van der Waals surface area contributed by atoms with Crippen molar-refractivity contribution < 1.29 is 14.3 Å². The molecule has 0 saturated heterocycles. The second-order valence-electron chi connectivity index (χ2n) is 5.75. The van der Waals surface area contributed by atoms with Crippen molar-refractivity contribution in [2.24, 2.45) is 11.8 Å². The highest BCUT2D eigenvalue weighted by Crippen LogP contribution is 2.32. The van der Waals surface area contributed by atoms with E-state index in [-0.39, 0.29) is 12.1 Å². The Labute approximate surface area is 120 Å². The van der Waals surface area contributed by atoms with Crippen molar-refractivity contribution in [3.05, 3.63) is 23.8 Å². The third kappa shape index (κ3) is 3.24. The molecule has 3 atom stereocenters. The van der Waals surface area contributed by atoms with Crippen LogP contribution >= 0.6 is 0 Å². The summed E-state index contributed by atoms with van der Waals surface area (Å²) < 4.78 is 10.8. The zero-order chi connectivity index (χ0) is 14.7. The zero-order valence-corrected chi connectivity index (χ0v) is 12.4. The summed E-state index contributed by atoms with van der Waals surface area (Å²) in [6, 6.07) is 5.01. The van der Waals surface area contributed by atoms with Crippen LogP contribution in [0.5, 0.6) is 5.75 Å². The number of rotatable bonds is 3. The van der Waals surface area contributed by atoms with Crippen molar-refractivity contribution in [3.63, 3.8) is 0 Å². The Morgan fingerprint density at radius 3 is 2.65 bits per heavy atom. The van der Waals surface area contributed by atoms with Gasteiger partial charge in [-0.25, -0.2) is 4.79 Å². The molecule has 0 spiro atoms. The molecule has 110 valence electrons. The average molecular weight is 277 g/mol. The van der Waals surface area contributed by atoms with E-state index < -0.39 is 0 Å². The van der Waals surface area contributed by atoms with Gasteiger partial charge < -0.3 is 15.2 Å². The van der Waals surface area contributed by atoms with Crippen LogP contribution in [0.25, 0.3) is 0 Å². The van der Waals surface area contributed by atoms with E-state index in [0.717, 1.165) is 19.3 Å². The van der Waals surface area contributed by atoms with E-state index in [1.165, 1.54) is 7.11 Å². The molecule has 1 aliphatic rings. The van der Waals surface area contributed by atoms with Crippen LogP contribution in [0.15, 0.2) is 18.2 Å². The van der Waals surface area contributed by atoms with Gasteiger partial charge in [0.15, 0.2) is 0 Å². The summed E-state index contributed by atoms with van der Waals surface area (Å²) in [6.07, 6.45) is 2.96. The monoisotopic (exact) mass is 277 g/mol. The van der Waals surface area contributed by atoms with E-state index in [1.54, 1.807) is 18.2 Å². The van der Waals surface area contributed by atoms with Crippen LogP contribution in [0.4, 0.5) is 5.69 Å². The van der Waals surface area contributed by atoms with E-state index >= 15 is 0 Å². The molecule has 3 unspecified atom stereocenters. The molecular formula is C16H23NO3. The number of anilines is 1. The number of esters is 1. The summed E-state index contributed by atoms with van der Waals surface area (Å²) in [5, 5.41) is 0. The van der Waals surface area contributed by atoms with Gasteiger partial charge in [0.1, 0.15) is 17.4 Å². The first-order valence-corrected chi connectivity index (χ1v) is 7.15. The van der Waals surface area contributed by atoms with Crippen molar-refractivity contribution >= 4 is 11.7 Å². The van der Waals surface area contributed by atoms with Gasteiger partial charge in [0.2, 0.25) is 0 Å². The first-order chi connectivity index (χ1) is 9.51. The number of nitrogen functional groups attached to an aromatic ring is 1. The molecule has 0 bridgehead atoms. The number of carbonyl (C=O) groups excluding carboxylic acids is 1. The molecule has 0 aliphatic heterocycles. The Morgan fingerprint density at radius 1 is 1.25 bits per heavy atom. The Bertz CT molecular complexity index is 487. The summed E-state index contributed by atoms with van der Waals surface area (Å²) in [5.41, 5.74) is 6.66. The maximum absolute atomic E-state index is 12.3. The summed E-state index contributed by atoms with van der Waals surface area (Å²) in [5.74, 6) is 1.44. The Hall–Kier alpha value is -1.71. The molecule has 20 heavy (non-hydrogen) atoms. The molecule has 4 heteroatoms. The topological polar surface area (TPSA) is 61.5 Å². The fourth-order valence-corrected chi connectivity index (χ4v) is 2.71. The minimum absolute atomic E-state index is 0.000151. The molecule has 4 nitrogen and oxygen atoms in total. The van der Waals surface area contributed by atoms with Gasteiger partial charge in [-0.3, -0.25) is 0 Å². The lowest BCUT2D eigenvalue weighted by atomic mass is 9.80. The van der Waals surface area contributed by atoms with Crippen molar-refractivity contribution in [2.45, 2.75) is 39.2 Å². The molecule has 0 aromatic heterocycles. The maximum atomic E-state index is 12.3. The first-order valence-electron chi connectivity index (χ1n) is 7.15. The third-order valence-electron chi connectivity index (χ3n) is 4.27. The van der Waals surface area contributed by atoms with Crippen molar-refractivity contribution in [1.29, 1.82) is 0 Å². The van der Waals surface area contributed by atoms with Gasteiger partial charge in [-0.05, 0) is 49.3 Å². The minimum atomic E-state index is -0.346. The highest BCUT2D eigenvalue weighted by atomic mass is 16.5. The van der Waals surface area contributed by atoms with Crippen LogP contribution in [0.2, 0.25) is 0 Å². The maximum Gasteiger partial charge on any atom is 0.342 e. The van der Waals surface area contributed by atoms with Crippen LogP contribution in [-0.4, -0.2) is 19.2 Å². The lowest BCUT2D eigenvalue weighted by Crippen LogP contribution is -2.28. The van der Waals surface area contributed by atoms with Gasteiger partial charge >= 0.3 is 5.97 Å². The summed E-state index contributed by atoms with van der Waals surface area (Å²) in [6.45, 7) is 4.47. The van der Waals surface area contributed by atoms with Gasteiger partial charge in [0.05, 0.1) is 7.11 Å². The highest BCUT2D eigenvalue weighted by molar-refractivity contribution is 5.93. The Balaban J connectivity index is 2.07. The first kappa shape index (κ1) is 14.7. The molecule has 1 aromatic carbocycles. The lowest BCUT2D eigenvalue weighted by molar-refractivity contribution is 0.00851. The molecule has 0 radical (unpaired) electrons. The molecule has 0 heterocycles. The van der Waals surface area contributed by atoms with Crippen LogP contribution in [0.3, 0.4) is 0 Å².